The van der Waals surface area contributed by atoms with Gasteiger partial charge in [-0.05, 0) is 44.4 Å². The van der Waals surface area contributed by atoms with E-state index in [0.29, 0.717) is 19.7 Å². The fraction of sp³-hybridized carbons (Fsp3) is 0.600. The lowest BCUT2D eigenvalue weighted by molar-refractivity contribution is -0.0908. The van der Waals surface area contributed by atoms with Gasteiger partial charge in [0.15, 0.2) is 0 Å². The molecule has 1 N–H and O–H groups in total. The van der Waals surface area contributed by atoms with E-state index < -0.39 is 5.60 Å². The first-order chi connectivity index (χ1) is 12.3. The molecule has 2 aliphatic rings. The van der Waals surface area contributed by atoms with Crippen LogP contribution in [-0.4, -0.2) is 66.5 Å². The second-order valence-electron chi connectivity index (χ2n) is 8.10. The first-order valence-corrected chi connectivity index (χ1v) is 9.22. The van der Waals surface area contributed by atoms with Crippen molar-refractivity contribution >= 4 is 12.3 Å². The van der Waals surface area contributed by atoms with Gasteiger partial charge >= 0.3 is 6.09 Å². The predicted octanol–water partition coefficient (Wildman–Crippen LogP) is 2.99. The van der Waals surface area contributed by atoms with Crippen molar-refractivity contribution in [2.75, 3.05) is 32.8 Å². The number of nitrogens with one attached hydrogen (secondary N) is 1. The maximum absolute atomic E-state index is 12.3. The number of hydrogen-bond acceptors (Lipinski definition) is 5. The molecule has 6 heteroatoms. The highest BCUT2D eigenvalue weighted by Crippen LogP contribution is 2.30. The van der Waals surface area contributed by atoms with Crippen molar-refractivity contribution in [1.82, 2.24) is 9.80 Å². The molecule has 3 rings (SSSR count). The number of rotatable bonds is 2. The first-order valence-electron chi connectivity index (χ1n) is 9.22. The molecule has 6 nitrogen and oxygen atoms in total. The molecule has 1 amide bonds. The number of ether oxygens (including phenoxy) is 2. The van der Waals surface area contributed by atoms with E-state index in [2.05, 4.69) is 11.0 Å². The standard InChI is InChI=1S/C20H29N3O3/c1-14-15(10-21)6-5-7-17(14)18-12-22-8-9-23(11-16(22)13-25-18)19(24)26-20(2,3)4/h5-7,10,16,18,21H,8-9,11-13H2,1-4H3/t16-,18+/m0/s1. The number of carbonyl (C=O) groups excluding carboxylic acids is 1. The number of hydrogen-bond donors (Lipinski definition) is 1. The number of carbonyl (C=O) groups is 1. The molecule has 0 aromatic heterocycles. The molecule has 26 heavy (non-hydrogen) atoms. The Balaban J connectivity index is 1.64. The molecular weight excluding hydrogens is 330 g/mol. The second-order valence-corrected chi connectivity index (χ2v) is 8.10. The Kier molecular flexibility index (Phi) is 5.34. The summed E-state index contributed by atoms with van der Waals surface area (Å²) < 4.78 is 11.6. The first kappa shape index (κ1) is 18.9. The third kappa shape index (κ3) is 4.07. The van der Waals surface area contributed by atoms with Crippen LogP contribution in [0.5, 0.6) is 0 Å². The highest BCUT2D eigenvalue weighted by molar-refractivity contribution is 5.79. The van der Waals surface area contributed by atoms with Crippen LogP contribution in [0, 0.1) is 12.3 Å². The average molecular weight is 359 g/mol. The Morgan fingerprint density at radius 2 is 2.08 bits per heavy atom. The predicted molar refractivity (Wildman–Crippen MR) is 101 cm³/mol. The average Bonchev–Trinajstić information content (AvgIpc) is 2.59. The van der Waals surface area contributed by atoms with Crippen molar-refractivity contribution in [3.63, 3.8) is 0 Å². The van der Waals surface area contributed by atoms with E-state index in [1.807, 2.05) is 39.8 Å². The van der Waals surface area contributed by atoms with Gasteiger partial charge in [-0.25, -0.2) is 4.79 Å². The molecule has 2 fully saturated rings. The van der Waals surface area contributed by atoms with Crippen LogP contribution in [0.3, 0.4) is 0 Å². The van der Waals surface area contributed by atoms with Crippen LogP contribution in [0.25, 0.3) is 0 Å². The van der Waals surface area contributed by atoms with E-state index in [0.717, 1.165) is 29.8 Å². The SMILES string of the molecule is Cc1c(C=N)cccc1[C@H]1CN2CCN(C(=O)OC(C)(C)C)C[C@H]2CO1. The number of morpholine rings is 1. The molecule has 0 saturated carbocycles. The summed E-state index contributed by atoms with van der Waals surface area (Å²) in [6, 6.07) is 6.23. The molecule has 1 aromatic rings. The Hall–Kier alpha value is -1.92. The van der Waals surface area contributed by atoms with Crippen LogP contribution in [0.4, 0.5) is 4.79 Å². The van der Waals surface area contributed by atoms with Crippen LogP contribution in [0.1, 0.15) is 43.6 Å². The fourth-order valence-corrected chi connectivity index (χ4v) is 3.64. The van der Waals surface area contributed by atoms with Crippen LogP contribution in [0.15, 0.2) is 18.2 Å². The zero-order chi connectivity index (χ0) is 18.9. The summed E-state index contributed by atoms with van der Waals surface area (Å²) >= 11 is 0. The highest BCUT2D eigenvalue weighted by atomic mass is 16.6. The molecule has 0 bridgehead atoms. The van der Waals surface area contributed by atoms with E-state index in [9.17, 15) is 4.79 Å². The van der Waals surface area contributed by atoms with Crippen molar-refractivity contribution < 1.29 is 14.3 Å². The summed E-state index contributed by atoms with van der Waals surface area (Å²) in [5, 5.41) is 7.54. The van der Waals surface area contributed by atoms with Crippen molar-refractivity contribution in [2.45, 2.75) is 45.4 Å². The lowest BCUT2D eigenvalue weighted by atomic mass is 9.96. The topological polar surface area (TPSA) is 65.9 Å². The minimum absolute atomic E-state index is 0.0132. The number of piperazine rings is 1. The smallest absolute Gasteiger partial charge is 0.410 e. The highest BCUT2D eigenvalue weighted by Gasteiger charge is 2.37. The van der Waals surface area contributed by atoms with E-state index in [1.165, 1.54) is 6.21 Å². The van der Waals surface area contributed by atoms with Gasteiger partial charge in [-0.1, -0.05) is 18.2 Å². The van der Waals surface area contributed by atoms with Gasteiger partial charge in [0.1, 0.15) is 5.60 Å². The molecule has 0 spiro atoms. The summed E-state index contributed by atoms with van der Waals surface area (Å²) in [7, 11) is 0. The quantitative estimate of drug-likeness (QED) is 0.825. The monoisotopic (exact) mass is 359 g/mol. The Morgan fingerprint density at radius 3 is 2.77 bits per heavy atom. The third-order valence-electron chi connectivity index (χ3n) is 5.07. The van der Waals surface area contributed by atoms with Gasteiger partial charge in [0.05, 0.1) is 18.8 Å². The van der Waals surface area contributed by atoms with Gasteiger partial charge in [0, 0.05) is 32.4 Å². The minimum Gasteiger partial charge on any atom is -0.444 e. The van der Waals surface area contributed by atoms with E-state index >= 15 is 0 Å². The number of nitrogens with zero attached hydrogens (tertiary/aromatic N) is 2. The fourth-order valence-electron chi connectivity index (χ4n) is 3.64. The molecule has 2 atom stereocenters. The summed E-state index contributed by atoms with van der Waals surface area (Å²) in [4.78, 5) is 16.5. The van der Waals surface area contributed by atoms with Crippen molar-refractivity contribution in [1.29, 1.82) is 5.41 Å². The zero-order valence-electron chi connectivity index (χ0n) is 16.1. The largest absolute Gasteiger partial charge is 0.444 e. The van der Waals surface area contributed by atoms with Gasteiger partial charge in [0.2, 0.25) is 0 Å². The molecule has 0 aliphatic carbocycles. The molecule has 1 aromatic carbocycles. The van der Waals surface area contributed by atoms with Gasteiger partial charge in [0.25, 0.3) is 0 Å². The van der Waals surface area contributed by atoms with Crippen molar-refractivity contribution in [3.05, 3.63) is 34.9 Å². The Labute approximate surface area is 155 Å². The number of amides is 1. The Bertz CT molecular complexity index is 683. The van der Waals surface area contributed by atoms with Crippen LogP contribution < -0.4 is 0 Å². The van der Waals surface area contributed by atoms with Crippen LogP contribution >= 0.6 is 0 Å². The maximum atomic E-state index is 12.3. The van der Waals surface area contributed by atoms with Gasteiger partial charge in [-0.3, -0.25) is 4.90 Å². The summed E-state index contributed by atoms with van der Waals surface area (Å²) in [6.45, 7) is 11.3. The molecule has 2 heterocycles. The molecular formula is C20H29N3O3. The summed E-state index contributed by atoms with van der Waals surface area (Å²) in [5.41, 5.74) is 2.72. The van der Waals surface area contributed by atoms with Crippen molar-refractivity contribution in [2.24, 2.45) is 0 Å². The van der Waals surface area contributed by atoms with Gasteiger partial charge < -0.3 is 19.8 Å². The molecule has 142 valence electrons. The normalized spacial score (nSPS) is 24.1. The third-order valence-corrected chi connectivity index (χ3v) is 5.07. The maximum Gasteiger partial charge on any atom is 0.410 e. The van der Waals surface area contributed by atoms with Gasteiger partial charge in [-0.2, -0.15) is 0 Å². The molecule has 2 saturated heterocycles. The van der Waals surface area contributed by atoms with Crippen LogP contribution in [-0.2, 0) is 9.47 Å². The second kappa shape index (κ2) is 7.37. The van der Waals surface area contributed by atoms with E-state index in [4.69, 9.17) is 14.9 Å². The van der Waals surface area contributed by atoms with Crippen LogP contribution in [0.2, 0.25) is 0 Å². The van der Waals surface area contributed by atoms with Gasteiger partial charge in [-0.15, -0.1) is 0 Å². The van der Waals surface area contributed by atoms with Crippen molar-refractivity contribution in [3.8, 4) is 0 Å². The number of benzene rings is 1. The molecule has 0 unspecified atom stereocenters. The van der Waals surface area contributed by atoms with E-state index in [-0.39, 0.29) is 18.2 Å². The zero-order valence-corrected chi connectivity index (χ0v) is 16.1. The Morgan fingerprint density at radius 1 is 1.31 bits per heavy atom. The summed E-state index contributed by atoms with van der Waals surface area (Å²) in [5.74, 6) is 0. The molecule has 0 radical (unpaired) electrons. The molecule has 2 aliphatic heterocycles. The number of fused-ring (bicyclic) bond motifs is 1. The van der Waals surface area contributed by atoms with E-state index in [1.54, 1.807) is 4.90 Å². The summed E-state index contributed by atoms with van der Waals surface area (Å²) in [6.07, 6.45) is 1.16. The lowest BCUT2D eigenvalue weighted by Gasteiger charge is -2.46. The minimum atomic E-state index is -0.472. The lowest BCUT2D eigenvalue weighted by Crippen LogP contribution is -2.60.